The first kappa shape index (κ1) is 21.6. The maximum atomic E-state index is 11.4. The second kappa shape index (κ2) is 9.01. The summed E-state index contributed by atoms with van der Waals surface area (Å²) in [6, 6.07) is 15.7. The van der Waals surface area contributed by atoms with Crippen LogP contribution in [-0.2, 0) is 17.1 Å². The Morgan fingerprint density at radius 1 is 0.655 bits per heavy atom. The quantitative estimate of drug-likeness (QED) is 0.339. The smallest absolute Gasteiger partial charge is 0.554 e. The molecule has 2 aromatic heterocycles. The topological polar surface area (TPSA) is 140 Å². The van der Waals surface area contributed by atoms with E-state index in [4.69, 9.17) is 10.2 Å². The van der Waals surface area contributed by atoms with Crippen molar-refractivity contribution in [3.8, 4) is 0 Å². The molecule has 0 saturated carbocycles. The van der Waals surface area contributed by atoms with Crippen LogP contribution in [0.15, 0.2) is 79.1 Å². The normalized spacial score (nSPS) is 9.93. The number of carbonyl (C=O) groups is 2. The van der Waals surface area contributed by atoms with Gasteiger partial charge in [-0.25, -0.2) is 0 Å². The number of carbonyl (C=O) groups excluding carboxylic acids is 2. The van der Waals surface area contributed by atoms with Gasteiger partial charge >= 0.3 is 40.5 Å². The van der Waals surface area contributed by atoms with Crippen LogP contribution >= 0.6 is 0 Å². The van der Waals surface area contributed by atoms with Crippen molar-refractivity contribution in [1.82, 2.24) is 0 Å². The van der Waals surface area contributed by atoms with E-state index < -0.39 is 11.9 Å². The molecule has 0 spiro atoms. The zero-order valence-corrected chi connectivity index (χ0v) is 15.5. The van der Waals surface area contributed by atoms with E-state index in [0.717, 1.165) is 12.1 Å². The van der Waals surface area contributed by atoms with E-state index in [-0.39, 0.29) is 39.4 Å². The van der Waals surface area contributed by atoms with Gasteiger partial charge in [-0.3, -0.25) is 9.59 Å². The summed E-state index contributed by atoms with van der Waals surface area (Å²) in [5.74, 6) is -2.08. The molecule has 0 unspecified atom stereocenters. The Labute approximate surface area is 172 Å². The van der Waals surface area contributed by atoms with Gasteiger partial charge in [0.25, 0.3) is 11.2 Å². The second-order valence-electron chi connectivity index (χ2n) is 5.70. The molecule has 0 aliphatic rings. The molecule has 0 amide bonds. The van der Waals surface area contributed by atoms with E-state index in [1.54, 1.807) is 48.5 Å². The van der Waals surface area contributed by atoms with Crippen LogP contribution in [0.25, 0.3) is 21.9 Å². The summed E-state index contributed by atoms with van der Waals surface area (Å²) in [6.45, 7) is 0. The van der Waals surface area contributed by atoms with Crippen molar-refractivity contribution in [1.29, 1.82) is 0 Å². The zero-order chi connectivity index (χ0) is 20.3. The molecule has 6 N–H and O–H groups in total. The summed E-state index contributed by atoms with van der Waals surface area (Å²) in [4.78, 5) is 44.3. The van der Waals surface area contributed by atoms with Crippen molar-refractivity contribution >= 4 is 33.9 Å². The van der Waals surface area contributed by atoms with Crippen LogP contribution in [0.1, 0.15) is 21.1 Å². The van der Waals surface area contributed by atoms with Gasteiger partial charge in [0.1, 0.15) is 10.8 Å². The third-order valence-electron chi connectivity index (χ3n) is 3.82. The molecule has 4 rings (SSSR count). The Hall–Kier alpha value is -3.68. The minimum absolute atomic E-state index is 0. The van der Waals surface area contributed by atoms with Crippen LogP contribution in [0.5, 0.6) is 0 Å². The van der Waals surface area contributed by atoms with Crippen LogP contribution < -0.4 is 10.9 Å². The summed E-state index contributed by atoms with van der Waals surface area (Å²) in [5, 5.41) is 14.6. The summed E-state index contributed by atoms with van der Waals surface area (Å²) < 4.78 is 7.80. The SMILES string of the molecule is O=C([OH2+])c1cc(=O)c2ccccc2[oH+]1.O=C([OH2+])c1cc(=O)c2ccccc2[oH+]1.[Cu+2]. The first-order valence-electron chi connectivity index (χ1n) is 8.02. The fourth-order valence-corrected chi connectivity index (χ4v) is 2.52. The zero-order valence-electron chi connectivity index (χ0n) is 14.6. The first-order chi connectivity index (χ1) is 13.4. The minimum Gasteiger partial charge on any atom is -0.554 e. The Bertz CT molecular complexity index is 1220. The van der Waals surface area contributed by atoms with Gasteiger partial charge in [-0.2, -0.15) is 0 Å². The number of rotatable bonds is 2. The van der Waals surface area contributed by atoms with Gasteiger partial charge in [0.15, 0.2) is 0 Å². The van der Waals surface area contributed by atoms with Gasteiger partial charge in [-0.15, -0.1) is 0 Å². The van der Waals surface area contributed by atoms with Gasteiger partial charge in [0.2, 0.25) is 10.9 Å². The Kier molecular flexibility index (Phi) is 6.71. The second-order valence-corrected chi connectivity index (χ2v) is 5.70. The number of fused-ring (bicyclic) bond motifs is 2. The molecule has 0 bridgehead atoms. The van der Waals surface area contributed by atoms with Crippen LogP contribution in [0, 0.1) is 0 Å². The van der Waals surface area contributed by atoms with Crippen molar-refractivity contribution in [2.75, 3.05) is 0 Å². The molecule has 29 heavy (non-hydrogen) atoms. The van der Waals surface area contributed by atoms with E-state index in [9.17, 15) is 19.2 Å². The van der Waals surface area contributed by atoms with Crippen LogP contribution in [0.3, 0.4) is 0 Å². The number of para-hydroxylation sites is 2. The molecule has 0 atom stereocenters. The van der Waals surface area contributed by atoms with Gasteiger partial charge in [0.05, 0.1) is 21.7 Å². The van der Waals surface area contributed by atoms with Crippen molar-refractivity contribution < 1.29 is 45.7 Å². The molecule has 4 aromatic rings. The van der Waals surface area contributed by atoms with Crippen molar-refractivity contribution in [2.45, 2.75) is 0 Å². The maximum absolute atomic E-state index is 11.4. The number of benzene rings is 2. The Balaban J connectivity index is 0.000000200. The van der Waals surface area contributed by atoms with E-state index in [1.165, 1.54) is 0 Å². The Morgan fingerprint density at radius 3 is 1.34 bits per heavy atom. The molecular formula is C20H16CuO8+6. The molecular weight excluding hydrogens is 432 g/mol. The fraction of sp³-hybridized carbons (Fsp3) is 0. The van der Waals surface area contributed by atoms with Crippen LogP contribution in [0.4, 0.5) is 0 Å². The monoisotopic (exact) mass is 447 g/mol. The standard InChI is InChI=1S/2C10H6O4.Cu/c2*11-7-5-9(10(12)13)14-8-4-2-1-3-6(7)8;/h2*1-5H,(H,12,13);/q;;+2/p+4. The summed E-state index contributed by atoms with van der Waals surface area (Å²) in [7, 11) is 0. The average molecular weight is 448 g/mol. The molecule has 0 aliphatic heterocycles. The predicted molar refractivity (Wildman–Crippen MR) is 103 cm³/mol. The molecule has 149 valence electrons. The molecule has 2 aromatic carbocycles. The largest absolute Gasteiger partial charge is 2.00 e. The van der Waals surface area contributed by atoms with Gasteiger partial charge in [-0.05, 0) is 12.1 Å². The summed E-state index contributed by atoms with van der Waals surface area (Å²) in [5.41, 5.74) is 0.364. The molecule has 0 saturated heterocycles. The van der Waals surface area contributed by atoms with E-state index >= 15 is 0 Å². The van der Waals surface area contributed by atoms with E-state index in [1.807, 2.05) is 0 Å². The molecule has 8 nitrogen and oxygen atoms in total. The third kappa shape index (κ3) is 4.78. The number of hydrogen-bond acceptors (Lipinski definition) is 4. The third-order valence-corrected chi connectivity index (χ3v) is 3.82. The van der Waals surface area contributed by atoms with Gasteiger partial charge in [0, 0.05) is 12.1 Å². The van der Waals surface area contributed by atoms with Gasteiger partial charge in [-0.1, -0.05) is 24.3 Å². The first-order valence-corrected chi connectivity index (χ1v) is 8.02. The molecule has 1 radical (unpaired) electrons. The van der Waals surface area contributed by atoms with Crippen molar-refractivity contribution in [3.05, 3.63) is 92.6 Å². The summed E-state index contributed by atoms with van der Waals surface area (Å²) in [6.07, 6.45) is 0. The predicted octanol–water partition coefficient (Wildman–Crippen LogP) is 1.54. The van der Waals surface area contributed by atoms with Crippen LogP contribution in [-0.4, -0.2) is 22.2 Å². The van der Waals surface area contributed by atoms with Crippen molar-refractivity contribution in [3.63, 3.8) is 0 Å². The minimum atomic E-state index is -0.937. The van der Waals surface area contributed by atoms with Crippen molar-refractivity contribution in [2.24, 2.45) is 0 Å². The molecule has 0 fully saturated rings. The Morgan fingerprint density at radius 2 is 1.00 bits per heavy atom. The fourth-order valence-electron chi connectivity index (χ4n) is 2.52. The molecule has 0 aliphatic carbocycles. The summed E-state index contributed by atoms with van der Waals surface area (Å²) >= 11 is 0. The molecule has 9 heteroatoms. The van der Waals surface area contributed by atoms with E-state index in [2.05, 4.69) is 8.83 Å². The number of hydrogen-bond donors (Lipinski definition) is 0. The van der Waals surface area contributed by atoms with Gasteiger partial charge < -0.3 is 19.0 Å². The van der Waals surface area contributed by atoms with E-state index in [0.29, 0.717) is 21.9 Å². The average Bonchev–Trinajstić information content (AvgIpc) is 2.68. The molecule has 2 heterocycles. The maximum Gasteiger partial charge on any atom is 2.00 e. The van der Waals surface area contributed by atoms with Crippen LogP contribution in [0.2, 0.25) is 0 Å².